The summed E-state index contributed by atoms with van der Waals surface area (Å²) in [5.74, 6) is -8.75. The zero-order valence-electron chi connectivity index (χ0n) is 18.8. The van der Waals surface area contributed by atoms with Crippen LogP contribution in [-0.4, -0.2) is 91.0 Å². The lowest BCUT2D eigenvalue weighted by atomic mass is 10.1. The third-order valence-electron chi connectivity index (χ3n) is 4.64. The second-order valence-corrected chi connectivity index (χ2v) is 7.61. The molecule has 0 bridgehead atoms. The minimum absolute atomic E-state index is 0.000536. The molecule has 4 atom stereocenters. The number of hydrogen-bond donors (Lipinski definition) is 9. The van der Waals surface area contributed by atoms with Crippen LogP contribution < -0.4 is 27.4 Å². The van der Waals surface area contributed by atoms with Gasteiger partial charge in [-0.05, 0) is 6.42 Å². The molecule has 0 saturated heterocycles. The molecule has 1 aromatic rings. The second kappa shape index (κ2) is 14.0. The van der Waals surface area contributed by atoms with Gasteiger partial charge in [0.1, 0.15) is 18.1 Å². The number of nitrogens with two attached hydrogens (primary N) is 2. The van der Waals surface area contributed by atoms with Crippen LogP contribution in [0, 0.1) is 0 Å². The van der Waals surface area contributed by atoms with Crippen LogP contribution in [0.2, 0.25) is 0 Å². The molecule has 1 rings (SSSR count). The van der Waals surface area contributed by atoms with E-state index in [1.54, 1.807) is 0 Å². The monoisotopic (exact) mass is 513 g/mol. The lowest BCUT2D eigenvalue weighted by Crippen LogP contribution is -2.58. The molecule has 0 radical (unpaired) electrons. The summed E-state index contributed by atoms with van der Waals surface area (Å²) in [4.78, 5) is 88.8. The van der Waals surface area contributed by atoms with Crippen molar-refractivity contribution in [2.45, 2.75) is 56.3 Å². The van der Waals surface area contributed by atoms with Crippen LogP contribution in [0.25, 0.3) is 0 Å². The summed E-state index contributed by atoms with van der Waals surface area (Å²) in [5, 5.41) is 33.1. The molecule has 0 aliphatic heterocycles. The van der Waals surface area contributed by atoms with Gasteiger partial charge < -0.3 is 47.7 Å². The number of carbonyl (C=O) groups is 7. The van der Waals surface area contributed by atoms with Gasteiger partial charge in [0.05, 0.1) is 25.2 Å². The maximum atomic E-state index is 12.8. The molecule has 0 fully saturated rings. The minimum atomic E-state index is -1.87. The molecule has 0 saturated carbocycles. The van der Waals surface area contributed by atoms with Crippen molar-refractivity contribution < 1.29 is 48.9 Å². The minimum Gasteiger partial charge on any atom is -0.481 e. The van der Waals surface area contributed by atoms with Gasteiger partial charge in [-0.15, -0.1) is 0 Å². The van der Waals surface area contributed by atoms with Gasteiger partial charge in [0.2, 0.25) is 23.6 Å². The lowest BCUT2D eigenvalue weighted by Gasteiger charge is -2.24. The molecule has 4 unspecified atom stereocenters. The first kappa shape index (κ1) is 29.5. The van der Waals surface area contributed by atoms with Gasteiger partial charge in [0.25, 0.3) is 0 Å². The molecular weight excluding hydrogens is 486 g/mol. The first-order valence-corrected chi connectivity index (χ1v) is 10.4. The SMILES string of the molecule is NC(=O)CC(NC(=O)C(N)Cc1cnc[nH]1)C(=O)NC(CCC(=O)O)C(=O)NC(CC(=O)O)C(=O)O. The Morgan fingerprint density at radius 1 is 0.861 bits per heavy atom. The van der Waals surface area contributed by atoms with Crippen LogP contribution in [0.1, 0.15) is 31.4 Å². The first-order chi connectivity index (χ1) is 16.8. The fraction of sp³-hybridized carbons (Fsp3) is 0.474. The number of carboxylic acids is 3. The highest BCUT2D eigenvalue weighted by Crippen LogP contribution is 2.04. The highest BCUT2D eigenvalue weighted by Gasteiger charge is 2.32. The Kier molecular flexibility index (Phi) is 11.5. The maximum Gasteiger partial charge on any atom is 0.326 e. The Balaban J connectivity index is 2.99. The smallest absolute Gasteiger partial charge is 0.326 e. The molecule has 11 N–H and O–H groups in total. The average molecular weight is 513 g/mol. The fourth-order valence-electron chi connectivity index (χ4n) is 2.87. The molecular formula is C19H27N7O10. The number of rotatable bonds is 16. The molecule has 1 aromatic heterocycles. The van der Waals surface area contributed by atoms with E-state index in [0.29, 0.717) is 5.69 Å². The largest absolute Gasteiger partial charge is 0.481 e. The summed E-state index contributed by atoms with van der Waals surface area (Å²) in [6.07, 6.45) is -0.0911. The number of amides is 4. The predicted octanol–water partition coefficient (Wildman–Crippen LogP) is -3.97. The zero-order valence-corrected chi connectivity index (χ0v) is 18.8. The van der Waals surface area contributed by atoms with Gasteiger partial charge >= 0.3 is 17.9 Å². The Morgan fingerprint density at radius 3 is 1.94 bits per heavy atom. The van der Waals surface area contributed by atoms with Gasteiger partial charge in [-0.2, -0.15) is 0 Å². The molecule has 17 nitrogen and oxygen atoms in total. The van der Waals surface area contributed by atoms with Crippen LogP contribution in [0.15, 0.2) is 12.5 Å². The third-order valence-corrected chi connectivity index (χ3v) is 4.64. The number of hydrogen-bond acceptors (Lipinski definition) is 9. The van der Waals surface area contributed by atoms with Crippen molar-refractivity contribution >= 4 is 41.5 Å². The molecule has 36 heavy (non-hydrogen) atoms. The number of aromatic nitrogens is 2. The maximum absolute atomic E-state index is 12.8. The van der Waals surface area contributed by atoms with Gasteiger partial charge in [0, 0.05) is 24.7 Å². The highest BCUT2D eigenvalue weighted by molar-refractivity contribution is 5.96. The van der Waals surface area contributed by atoms with Crippen molar-refractivity contribution in [3.8, 4) is 0 Å². The number of aliphatic carboxylic acids is 3. The number of nitrogens with one attached hydrogen (secondary N) is 4. The van der Waals surface area contributed by atoms with Crippen molar-refractivity contribution in [1.82, 2.24) is 25.9 Å². The molecule has 4 amide bonds. The molecule has 0 aliphatic carbocycles. The standard InChI is InChI=1S/C19H27N7O10/c20-9(3-8-6-22-7-23-8)16(32)25-11(4-13(21)27)18(34)24-10(1-2-14(28)29)17(33)26-12(19(35)36)5-15(30)31/h6-7,9-12H,1-5,20H2,(H2,21,27)(H,22,23)(H,24,34)(H,25,32)(H,26,33)(H,28,29)(H,30,31)(H,35,36). The van der Waals surface area contributed by atoms with Crippen LogP contribution in [0.4, 0.5) is 0 Å². The number of carbonyl (C=O) groups excluding carboxylic acids is 4. The number of aromatic amines is 1. The van der Waals surface area contributed by atoms with E-state index in [1.165, 1.54) is 12.5 Å². The van der Waals surface area contributed by atoms with E-state index in [1.807, 2.05) is 5.32 Å². The van der Waals surface area contributed by atoms with E-state index < -0.39 is 91.4 Å². The van der Waals surface area contributed by atoms with E-state index in [2.05, 4.69) is 20.6 Å². The third kappa shape index (κ3) is 10.6. The number of primary amides is 1. The topological polar surface area (TPSA) is 297 Å². The summed E-state index contributed by atoms with van der Waals surface area (Å²) < 4.78 is 0. The Hall–Kier alpha value is -4.54. The summed E-state index contributed by atoms with van der Waals surface area (Å²) in [7, 11) is 0. The van der Waals surface area contributed by atoms with Gasteiger partial charge in [-0.25, -0.2) is 9.78 Å². The molecule has 0 aromatic carbocycles. The van der Waals surface area contributed by atoms with Crippen molar-refractivity contribution in [2.24, 2.45) is 11.5 Å². The summed E-state index contributed by atoms with van der Waals surface area (Å²) in [6.45, 7) is 0. The highest BCUT2D eigenvalue weighted by atomic mass is 16.4. The Bertz CT molecular complexity index is 981. The molecule has 1 heterocycles. The number of H-pyrrole nitrogens is 1. The van der Waals surface area contributed by atoms with E-state index in [-0.39, 0.29) is 6.42 Å². The van der Waals surface area contributed by atoms with Crippen LogP contribution in [-0.2, 0) is 40.0 Å². The zero-order chi connectivity index (χ0) is 27.4. The summed E-state index contributed by atoms with van der Waals surface area (Å²) in [6, 6.07) is -6.32. The van der Waals surface area contributed by atoms with Crippen LogP contribution in [0.3, 0.4) is 0 Å². The second-order valence-electron chi connectivity index (χ2n) is 7.61. The number of nitrogens with zero attached hydrogens (tertiary/aromatic N) is 1. The van der Waals surface area contributed by atoms with Crippen LogP contribution in [0.5, 0.6) is 0 Å². The quantitative estimate of drug-likeness (QED) is 0.102. The first-order valence-electron chi connectivity index (χ1n) is 10.4. The van der Waals surface area contributed by atoms with E-state index >= 15 is 0 Å². The van der Waals surface area contributed by atoms with E-state index in [9.17, 15) is 33.6 Å². The lowest BCUT2D eigenvalue weighted by molar-refractivity contribution is -0.147. The normalized spacial score (nSPS) is 13.9. The van der Waals surface area contributed by atoms with Crippen molar-refractivity contribution in [1.29, 1.82) is 0 Å². The molecule has 0 aliphatic rings. The van der Waals surface area contributed by atoms with E-state index in [4.69, 9.17) is 26.8 Å². The molecule has 198 valence electrons. The molecule has 0 spiro atoms. The van der Waals surface area contributed by atoms with Crippen molar-refractivity contribution in [3.63, 3.8) is 0 Å². The van der Waals surface area contributed by atoms with Crippen molar-refractivity contribution in [2.75, 3.05) is 0 Å². The number of imidazole rings is 1. The Labute approximate surface area is 203 Å². The van der Waals surface area contributed by atoms with Crippen LogP contribution >= 0.6 is 0 Å². The van der Waals surface area contributed by atoms with E-state index in [0.717, 1.165) is 0 Å². The summed E-state index contributed by atoms with van der Waals surface area (Å²) >= 11 is 0. The van der Waals surface area contributed by atoms with Crippen molar-refractivity contribution in [3.05, 3.63) is 18.2 Å². The fourth-order valence-corrected chi connectivity index (χ4v) is 2.87. The summed E-state index contributed by atoms with van der Waals surface area (Å²) in [5.41, 5.74) is 11.4. The number of carboxylic acid groups (broad SMARTS) is 3. The van der Waals surface area contributed by atoms with Gasteiger partial charge in [0.15, 0.2) is 0 Å². The molecule has 17 heteroatoms. The van der Waals surface area contributed by atoms with Gasteiger partial charge in [-0.1, -0.05) is 0 Å². The van der Waals surface area contributed by atoms with Gasteiger partial charge in [-0.3, -0.25) is 28.8 Å². The predicted molar refractivity (Wildman–Crippen MR) is 117 cm³/mol. The average Bonchev–Trinajstić information content (AvgIpc) is 3.27. The Morgan fingerprint density at radius 2 is 1.44 bits per heavy atom.